The number of aromatic hydroxyl groups is 1. The lowest BCUT2D eigenvalue weighted by molar-refractivity contribution is -0.116. The minimum atomic E-state index is -0.0754. The van der Waals surface area contributed by atoms with Crippen molar-refractivity contribution in [2.75, 3.05) is 12.9 Å². The Hall–Kier alpha value is -2.28. The van der Waals surface area contributed by atoms with Crippen molar-refractivity contribution >= 4 is 29.1 Å². The van der Waals surface area contributed by atoms with Gasteiger partial charge in [0.05, 0.1) is 19.1 Å². The number of nitrogens with zero attached hydrogens (tertiary/aromatic N) is 2. The lowest BCUT2D eigenvalue weighted by Crippen LogP contribution is -2.19. The molecule has 1 fully saturated rings. The first-order chi connectivity index (χ1) is 10.1. The third-order valence-electron chi connectivity index (χ3n) is 2.70. The van der Waals surface area contributed by atoms with E-state index in [9.17, 15) is 9.90 Å². The highest BCUT2D eigenvalue weighted by atomic mass is 32.2. The van der Waals surface area contributed by atoms with E-state index in [2.05, 4.69) is 22.1 Å². The number of phenolic OH excluding ortho intramolecular Hbond substituents is 1. The number of benzene rings is 1. The number of nitrogens with one attached hydrogen (secondary N) is 1. The van der Waals surface area contributed by atoms with Crippen LogP contribution in [0.15, 0.2) is 35.0 Å². The Morgan fingerprint density at radius 1 is 1.57 bits per heavy atom. The molecule has 1 aliphatic heterocycles. The molecule has 110 valence electrons. The van der Waals surface area contributed by atoms with Gasteiger partial charge in [0.25, 0.3) is 0 Å². The first-order valence-electron chi connectivity index (χ1n) is 6.18. The molecule has 0 bridgehead atoms. The fourth-order valence-electron chi connectivity index (χ4n) is 1.76. The summed E-state index contributed by atoms with van der Waals surface area (Å²) in [6, 6.07) is 3.44. The van der Waals surface area contributed by atoms with E-state index in [1.807, 2.05) is 0 Å². The summed E-state index contributed by atoms with van der Waals surface area (Å²) in [5, 5.41) is 20.9. The quantitative estimate of drug-likeness (QED) is 0.492. The second kappa shape index (κ2) is 6.94. The first-order valence-corrected chi connectivity index (χ1v) is 7.17. The molecular weight excluding hydrogens is 290 g/mol. The predicted molar refractivity (Wildman–Crippen MR) is 84.2 cm³/mol. The van der Waals surface area contributed by atoms with Crippen LogP contribution in [0.5, 0.6) is 11.5 Å². The molecule has 0 atom stereocenters. The van der Waals surface area contributed by atoms with Gasteiger partial charge in [-0.2, -0.15) is 5.10 Å². The van der Waals surface area contributed by atoms with Crippen molar-refractivity contribution in [1.82, 2.24) is 5.32 Å². The summed E-state index contributed by atoms with van der Waals surface area (Å²) in [7, 11) is 1.48. The molecule has 1 aromatic rings. The minimum absolute atomic E-state index is 0.0754. The Bertz CT molecular complexity index is 626. The van der Waals surface area contributed by atoms with E-state index in [4.69, 9.17) is 4.74 Å². The Morgan fingerprint density at radius 2 is 2.38 bits per heavy atom. The van der Waals surface area contributed by atoms with Crippen molar-refractivity contribution in [2.45, 2.75) is 6.42 Å². The van der Waals surface area contributed by atoms with Crippen LogP contribution in [0.3, 0.4) is 0 Å². The fraction of sp³-hybridized carbons (Fsp3) is 0.214. The lowest BCUT2D eigenvalue weighted by atomic mass is 10.1. The molecule has 0 radical (unpaired) electrons. The summed E-state index contributed by atoms with van der Waals surface area (Å²) < 4.78 is 5.12. The number of carbonyl (C=O) groups excluding carboxylic acids is 1. The third kappa shape index (κ3) is 3.85. The van der Waals surface area contributed by atoms with Gasteiger partial charge in [0.2, 0.25) is 5.91 Å². The maximum absolute atomic E-state index is 11.0. The van der Waals surface area contributed by atoms with Crippen LogP contribution in [0.25, 0.3) is 0 Å². The topological polar surface area (TPSA) is 83.3 Å². The van der Waals surface area contributed by atoms with E-state index in [0.717, 1.165) is 5.56 Å². The Morgan fingerprint density at radius 3 is 3.00 bits per heavy atom. The molecule has 7 heteroatoms. The molecule has 21 heavy (non-hydrogen) atoms. The van der Waals surface area contributed by atoms with Crippen molar-refractivity contribution in [3.05, 3.63) is 35.9 Å². The molecule has 2 N–H and O–H groups in total. The number of methoxy groups -OCH3 is 1. The van der Waals surface area contributed by atoms with Crippen LogP contribution in [0.1, 0.15) is 11.1 Å². The minimum Gasteiger partial charge on any atom is -0.504 e. The van der Waals surface area contributed by atoms with Crippen molar-refractivity contribution in [3.63, 3.8) is 0 Å². The number of rotatable bonds is 5. The molecule has 1 saturated heterocycles. The smallest absolute Gasteiger partial charge is 0.236 e. The number of amides is 1. The molecule has 0 aromatic heterocycles. The largest absolute Gasteiger partial charge is 0.504 e. The summed E-state index contributed by atoms with van der Waals surface area (Å²) >= 11 is 1.30. The number of amidine groups is 1. The number of ether oxygens (including phenoxy) is 1. The standard InChI is InChI=1S/C14H15N3O3S/c1-3-4-10-5-9(6-11(20-2)13(10)19)7-15-17-14-16-12(18)8-21-14/h3,5-7,19H,1,4,8H2,2H3,(H,16,17,18). The van der Waals surface area contributed by atoms with Crippen LogP contribution < -0.4 is 10.1 Å². The van der Waals surface area contributed by atoms with Crippen LogP contribution in [0.4, 0.5) is 0 Å². The van der Waals surface area contributed by atoms with Crippen LogP contribution in [-0.2, 0) is 11.2 Å². The highest BCUT2D eigenvalue weighted by molar-refractivity contribution is 8.15. The Kier molecular flexibility index (Phi) is 4.99. The summed E-state index contributed by atoms with van der Waals surface area (Å²) in [5.74, 6) is 0.755. The van der Waals surface area contributed by atoms with Gasteiger partial charge in [-0.1, -0.05) is 17.8 Å². The van der Waals surface area contributed by atoms with Gasteiger partial charge in [-0.05, 0) is 24.1 Å². The second-order valence-corrected chi connectivity index (χ2v) is 5.17. The summed E-state index contributed by atoms with van der Waals surface area (Å²) in [4.78, 5) is 11.0. The molecule has 6 nitrogen and oxygen atoms in total. The molecule has 1 amide bonds. The molecule has 1 aliphatic rings. The molecule has 0 spiro atoms. The SMILES string of the molecule is C=CCc1cc(C=NN=C2NC(=O)CS2)cc(OC)c1O. The average Bonchev–Trinajstić information content (AvgIpc) is 2.88. The van der Waals surface area contributed by atoms with Crippen molar-refractivity contribution in [1.29, 1.82) is 0 Å². The summed E-state index contributed by atoms with van der Waals surface area (Å²) in [6.07, 6.45) is 3.75. The number of hydrogen-bond donors (Lipinski definition) is 2. The highest BCUT2D eigenvalue weighted by Crippen LogP contribution is 2.31. The van der Waals surface area contributed by atoms with Crippen LogP contribution in [0, 0.1) is 0 Å². The van der Waals surface area contributed by atoms with E-state index in [-0.39, 0.29) is 11.7 Å². The molecule has 2 rings (SSSR count). The fourth-order valence-corrected chi connectivity index (χ4v) is 2.39. The zero-order valence-corrected chi connectivity index (χ0v) is 12.3. The van der Waals surface area contributed by atoms with E-state index < -0.39 is 0 Å². The number of hydrogen-bond acceptors (Lipinski definition) is 6. The van der Waals surface area contributed by atoms with Crippen LogP contribution >= 0.6 is 11.8 Å². The summed E-state index contributed by atoms with van der Waals surface area (Å²) in [6.45, 7) is 3.65. The molecule has 0 aliphatic carbocycles. The van der Waals surface area contributed by atoms with Crippen LogP contribution in [0.2, 0.25) is 0 Å². The van der Waals surface area contributed by atoms with Gasteiger partial charge in [-0.15, -0.1) is 11.7 Å². The second-order valence-electron chi connectivity index (χ2n) is 4.21. The number of carbonyl (C=O) groups is 1. The van der Waals surface area contributed by atoms with Gasteiger partial charge in [-0.3, -0.25) is 4.79 Å². The van der Waals surface area contributed by atoms with Gasteiger partial charge >= 0.3 is 0 Å². The predicted octanol–water partition coefficient (Wildman–Crippen LogP) is 1.68. The van der Waals surface area contributed by atoms with E-state index in [1.165, 1.54) is 25.1 Å². The number of thioether (sulfide) groups is 1. The molecule has 1 heterocycles. The third-order valence-corrected chi connectivity index (χ3v) is 3.57. The lowest BCUT2D eigenvalue weighted by Gasteiger charge is -2.08. The van der Waals surface area contributed by atoms with E-state index in [1.54, 1.807) is 18.2 Å². The average molecular weight is 305 g/mol. The Labute approximate surface area is 126 Å². The zero-order valence-electron chi connectivity index (χ0n) is 11.5. The van der Waals surface area contributed by atoms with Gasteiger partial charge in [0.15, 0.2) is 16.7 Å². The molecule has 0 saturated carbocycles. The monoisotopic (exact) mass is 305 g/mol. The molecule has 0 unspecified atom stereocenters. The number of allylic oxidation sites excluding steroid dienone is 1. The van der Waals surface area contributed by atoms with Crippen molar-refractivity contribution < 1.29 is 14.6 Å². The maximum Gasteiger partial charge on any atom is 0.236 e. The van der Waals surface area contributed by atoms with Crippen molar-refractivity contribution in [3.8, 4) is 11.5 Å². The first kappa shape index (κ1) is 15.1. The normalized spacial score (nSPS) is 16.4. The summed E-state index contributed by atoms with van der Waals surface area (Å²) in [5.41, 5.74) is 1.43. The van der Waals surface area contributed by atoms with Crippen LogP contribution in [-0.4, -0.2) is 35.3 Å². The number of phenols is 1. The van der Waals surface area contributed by atoms with Gasteiger partial charge in [-0.25, -0.2) is 0 Å². The van der Waals surface area contributed by atoms with E-state index >= 15 is 0 Å². The van der Waals surface area contributed by atoms with E-state index in [0.29, 0.717) is 28.7 Å². The van der Waals surface area contributed by atoms with Gasteiger partial charge < -0.3 is 15.2 Å². The maximum atomic E-state index is 11.0. The Balaban J connectivity index is 2.21. The zero-order chi connectivity index (χ0) is 15.2. The highest BCUT2D eigenvalue weighted by Gasteiger charge is 2.16. The molecular formula is C14H15N3O3S. The molecule has 1 aromatic carbocycles. The van der Waals surface area contributed by atoms with Gasteiger partial charge in [0.1, 0.15) is 0 Å². The van der Waals surface area contributed by atoms with Crippen molar-refractivity contribution in [2.24, 2.45) is 10.2 Å². The van der Waals surface area contributed by atoms with Gasteiger partial charge in [0, 0.05) is 5.56 Å².